The van der Waals surface area contributed by atoms with E-state index in [0.29, 0.717) is 6.04 Å². The molecule has 0 aliphatic rings. The van der Waals surface area contributed by atoms with Crippen LogP contribution in [0.5, 0.6) is 0 Å². The van der Waals surface area contributed by atoms with Crippen LogP contribution in [0.15, 0.2) is 24.3 Å². The highest BCUT2D eigenvalue weighted by Gasteiger charge is 2.10. The predicted octanol–water partition coefficient (Wildman–Crippen LogP) is 4.21. The van der Waals surface area contributed by atoms with E-state index in [9.17, 15) is 4.79 Å². The summed E-state index contributed by atoms with van der Waals surface area (Å²) in [5, 5.41) is 6.47. The highest BCUT2D eigenvalue weighted by atomic mass is 16.1. The summed E-state index contributed by atoms with van der Waals surface area (Å²) in [5.41, 5.74) is 1.75. The summed E-state index contributed by atoms with van der Waals surface area (Å²) in [6.07, 6.45) is 4.67. The van der Waals surface area contributed by atoms with Gasteiger partial charge in [-0.2, -0.15) is 0 Å². The molecule has 0 aliphatic heterocycles. The zero-order chi connectivity index (χ0) is 15.0. The van der Waals surface area contributed by atoms with Gasteiger partial charge in [-0.15, -0.1) is 0 Å². The lowest BCUT2D eigenvalue weighted by Gasteiger charge is -2.19. The summed E-state index contributed by atoms with van der Waals surface area (Å²) in [7, 11) is 0. The van der Waals surface area contributed by atoms with E-state index in [4.69, 9.17) is 0 Å². The van der Waals surface area contributed by atoms with Crippen LogP contribution in [0.4, 0.5) is 5.69 Å². The first-order valence-electron chi connectivity index (χ1n) is 7.74. The molecule has 0 fully saturated rings. The Balaban J connectivity index is 2.73. The largest absolute Gasteiger partial charge is 0.382 e. The molecule has 1 amide bonds. The number of rotatable bonds is 8. The van der Waals surface area contributed by atoms with Crippen molar-refractivity contribution in [3.8, 4) is 0 Å². The van der Waals surface area contributed by atoms with Gasteiger partial charge < -0.3 is 10.6 Å². The lowest BCUT2D eigenvalue weighted by atomic mass is 10.1. The Hall–Kier alpha value is -1.51. The second kappa shape index (κ2) is 8.62. The number of benzene rings is 1. The maximum atomic E-state index is 12.0. The number of amides is 1. The lowest BCUT2D eigenvalue weighted by molar-refractivity contribution is 0.0943. The van der Waals surface area contributed by atoms with Crippen molar-refractivity contribution >= 4 is 11.6 Å². The number of hydrogen-bond acceptors (Lipinski definition) is 2. The Morgan fingerprint density at radius 1 is 1.15 bits per heavy atom. The van der Waals surface area contributed by atoms with Crippen LogP contribution in [0, 0.1) is 0 Å². The SMILES string of the molecule is CCCC(CCC)Nc1cccc(C(=O)NC(C)C)c1. The Morgan fingerprint density at radius 2 is 1.80 bits per heavy atom. The number of carbonyl (C=O) groups excluding carboxylic acids is 1. The van der Waals surface area contributed by atoms with E-state index in [0.717, 1.165) is 24.1 Å². The topological polar surface area (TPSA) is 41.1 Å². The Kier molecular flexibility index (Phi) is 7.13. The molecule has 3 heteroatoms. The maximum absolute atomic E-state index is 12.0. The van der Waals surface area contributed by atoms with Crippen LogP contribution in [0.1, 0.15) is 63.7 Å². The molecule has 112 valence electrons. The van der Waals surface area contributed by atoms with Gasteiger partial charge in [0.25, 0.3) is 5.91 Å². The quantitative estimate of drug-likeness (QED) is 0.747. The summed E-state index contributed by atoms with van der Waals surface area (Å²) in [4.78, 5) is 12.0. The molecule has 0 saturated carbocycles. The normalized spacial score (nSPS) is 10.9. The monoisotopic (exact) mass is 276 g/mol. The van der Waals surface area contributed by atoms with Crippen molar-refractivity contribution in [1.82, 2.24) is 5.32 Å². The summed E-state index contributed by atoms with van der Waals surface area (Å²) in [6.45, 7) is 8.35. The van der Waals surface area contributed by atoms with Gasteiger partial charge in [-0.1, -0.05) is 32.8 Å². The molecule has 0 aliphatic carbocycles. The zero-order valence-electron chi connectivity index (χ0n) is 13.2. The fraction of sp³-hybridized carbons (Fsp3) is 0.588. The van der Waals surface area contributed by atoms with Crippen LogP contribution in [-0.2, 0) is 0 Å². The third kappa shape index (κ3) is 5.64. The number of anilines is 1. The van der Waals surface area contributed by atoms with Crippen molar-refractivity contribution in [3.05, 3.63) is 29.8 Å². The third-order valence-electron chi connectivity index (χ3n) is 3.19. The van der Waals surface area contributed by atoms with Crippen molar-refractivity contribution in [2.75, 3.05) is 5.32 Å². The Labute approximate surface area is 123 Å². The van der Waals surface area contributed by atoms with Gasteiger partial charge in [-0.3, -0.25) is 4.79 Å². The van der Waals surface area contributed by atoms with E-state index in [1.165, 1.54) is 12.8 Å². The van der Waals surface area contributed by atoms with Crippen LogP contribution < -0.4 is 10.6 Å². The van der Waals surface area contributed by atoms with E-state index in [-0.39, 0.29) is 11.9 Å². The van der Waals surface area contributed by atoms with Gasteiger partial charge in [0.05, 0.1) is 0 Å². The van der Waals surface area contributed by atoms with Gasteiger partial charge in [0, 0.05) is 23.3 Å². The molecule has 0 spiro atoms. The highest BCUT2D eigenvalue weighted by Crippen LogP contribution is 2.16. The van der Waals surface area contributed by atoms with Gasteiger partial charge in [-0.05, 0) is 44.9 Å². The smallest absolute Gasteiger partial charge is 0.251 e. The molecule has 0 heterocycles. The van der Waals surface area contributed by atoms with Gasteiger partial charge >= 0.3 is 0 Å². The highest BCUT2D eigenvalue weighted by molar-refractivity contribution is 5.95. The van der Waals surface area contributed by atoms with Crippen molar-refractivity contribution in [2.24, 2.45) is 0 Å². The minimum atomic E-state index is -0.00816. The molecule has 0 unspecified atom stereocenters. The molecule has 2 N–H and O–H groups in total. The summed E-state index contributed by atoms with van der Waals surface area (Å²) in [6, 6.07) is 8.42. The molecule has 0 radical (unpaired) electrons. The fourth-order valence-corrected chi connectivity index (χ4v) is 2.32. The predicted molar refractivity (Wildman–Crippen MR) is 86.3 cm³/mol. The van der Waals surface area contributed by atoms with Crippen molar-refractivity contribution in [2.45, 2.75) is 65.5 Å². The molecule has 0 bridgehead atoms. The summed E-state index contributed by atoms with van der Waals surface area (Å²) < 4.78 is 0. The van der Waals surface area contributed by atoms with E-state index < -0.39 is 0 Å². The third-order valence-corrected chi connectivity index (χ3v) is 3.19. The zero-order valence-corrected chi connectivity index (χ0v) is 13.2. The van der Waals surface area contributed by atoms with Crippen molar-refractivity contribution in [3.63, 3.8) is 0 Å². The summed E-state index contributed by atoms with van der Waals surface area (Å²) >= 11 is 0. The molecular weight excluding hydrogens is 248 g/mol. The molecule has 3 nitrogen and oxygen atoms in total. The minimum absolute atomic E-state index is 0.00816. The van der Waals surface area contributed by atoms with Crippen LogP contribution in [-0.4, -0.2) is 18.0 Å². The molecule has 1 rings (SSSR count). The summed E-state index contributed by atoms with van der Waals surface area (Å²) in [5.74, 6) is -0.00816. The van der Waals surface area contributed by atoms with Crippen LogP contribution in [0.3, 0.4) is 0 Å². The van der Waals surface area contributed by atoms with E-state index in [1.807, 2.05) is 38.1 Å². The Bertz CT molecular complexity index is 409. The molecule has 1 aromatic carbocycles. The molecule has 0 saturated heterocycles. The first kappa shape index (κ1) is 16.5. The molecule has 1 aromatic rings. The average molecular weight is 276 g/mol. The van der Waals surface area contributed by atoms with Crippen molar-refractivity contribution < 1.29 is 4.79 Å². The van der Waals surface area contributed by atoms with Gasteiger partial charge in [0.15, 0.2) is 0 Å². The van der Waals surface area contributed by atoms with Crippen LogP contribution in [0.25, 0.3) is 0 Å². The number of carbonyl (C=O) groups is 1. The first-order valence-corrected chi connectivity index (χ1v) is 7.74. The molecule has 20 heavy (non-hydrogen) atoms. The molecule has 0 aromatic heterocycles. The standard InChI is InChI=1S/C17H28N2O/c1-5-8-15(9-6-2)19-16-11-7-10-14(12-16)17(20)18-13(3)4/h7,10-13,15,19H,5-6,8-9H2,1-4H3,(H,18,20). The van der Waals surface area contributed by atoms with Crippen LogP contribution in [0.2, 0.25) is 0 Å². The first-order chi connectivity index (χ1) is 9.56. The van der Waals surface area contributed by atoms with E-state index in [1.54, 1.807) is 0 Å². The van der Waals surface area contributed by atoms with Crippen LogP contribution >= 0.6 is 0 Å². The molecular formula is C17H28N2O. The van der Waals surface area contributed by atoms with E-state index in [2.05, 4.69) is 24.5 Å². The second-order valence-electron chi connectivity index (χ2n) is 5.63. The lowest BCUT2D eigenvalue weighted by Crippen LogP contribution is -2.30. The average Bonchev–Trinajstić information content (AvgIpc) is 2.39. The minimum Gasteiger partial charge on any atom is -0.382 e. The van der Waals surface area contributed by atoms with E-state index >= 15 is 0 Å². The van der Waals surface area contributed by atoms with Gasteiger partial charge in [-0.25, -0.2) is 0 Å². The maximum Gasteiger partial charge on any atom is 0.251 e. The molecule has 0 atom stereocenters. The number of nitrogens with one attached hydrogen (secondary N) is 2. The fourth-order valence-electron chi connectivity index (χ4n) is 2.32. The van der Waals surface area contributed by atoms with Crippen molar-refractivity contribution in [1.29, 1.82) is 0 Å². The van der Waals surface area contributed by atoms with Gasteiger partial charge in [0.1, 0.15) is 0 Å². The number of hydrogen-bond donors (Lipinski definition) is 2. The Morgan fingerprint density at radius 3 is 2.35 bits per heavy atom. The van der Waals surface area contributed by atoms with Gasteiger partial charge in [0.2, 0.25) is 0 Å². The second-order valence-corrected chi connectivity index (χ2v) is 5.63.